The molecule has 0 unspecified atom stereocenters. The average molecular weight is 516 g/mol. The lowest BCUT2D eigenvalue weighted by atomic mass is 9.93. The number of carbonyl (C=O) groups is 2. The lowest BCUT2D eigenvalue weighted by molar-refractivity contribution is -0.148. The molecule has 4 rings (SSSR count). The van der Waals surface area contributed by atoms with Crippen LogP contribution in [-0.4, -0.2) is 41.8 Å². The Bertz CT molecular complexity index is 1290. The molecule has 0 radical (unpaired) electrons. The van der Waals surface area contributed by atoms with Crippen LogP contribution < -0.4 is 5.32 Å². The second-order valence-corrected chi connectivity index (χ2v) is 10.8. The fourth-order valence-corrected chi connectivity index (χ4v) is 4.78. The van der Waals surface area contributed by atoms with Crippen molar-refractivity contribution in [1.82, 2.24) is 5.32 Å². The van der Waals surface area contributed by atoms with E-state index in [1.807, 2.05) is 24.3 Å². The Kier molecular flexibility index (Phi) is 8.97. The van der Waals surface area contributed by atoms with Crippen LogP contribution in [0.3, 0.4) is 0 Å². The molecule has 3 aromatic carbocycles. The van der Waals surface area contributed by atoms with E-state index < -0.39 is 18.0 Å². The summed E-state index contributed by atoms with van der Waals surface area (Å²) < 4.78 is 12.0. The number of aryl methyl sites for hydroxylation is 1. The largest absolute Gasteiger partial charge is 0.478 e. The van der Waals surface area contributed by atoms with Crippen molar-refractivity contribution in [3.63, 3.8) is 0 Å². The zero-order valence-corrected chi connectivity index (χ0v) is 22.4. The van der Waals surface area contributed by atoms with Crippen LogP contribution in [0.5, 0.6) is 0 Å². The third kappa shape index (κ3) is 8.01. The van der Waals surface area contributed by atoms with Gasteiger partial charge in [0.2, 0.25) is 0 Å². The van der Waals surface area contributed by atoms with Gasteiger partial charge in [-0.15, -0.1) is 0 Å². The number of carboxylic acids is 1. The van der Waals surface area contributed by atoms with Gasteiger partial charge in [0.05, 0.1) is 12.7 Å². The molecular weight excluding hydrogens is 478 g/mol. The third-order valence-electron chi connectivity index (χ3n) is 6.92. The smallest absolute Gasteiger partial charge is 0.331 e. The van der Waals surface area contributed by atoms with Gasteiger partial charge in [0.25, 0.3) is 0 Å². The van der Waals surface area contributed by atoms with Crippen molar-refractivity contribution in [2.45, 2.75) is 57.8 Å². The van der Waals surface area contributed by atoms with Gasteiger partial charge in [-0.1, -0.05) is 66.7 Å². The maximum atomic E-state index is 12.4. The predicted molar refractivity (Wildman–Crippen MR) is 149 cm³/mol. The number of hydrogen-bond acceptors (Lipinski definition) is 5. The van der Waals surface area contributed by atoms with Gasteiger partial charge >= 0.3 is 11.9 Å². The highest BCUT2D eigenvalue weighted by atomic mass is 16.6. The number of nitrogens with one attached hydrogen (secondary N) is 1. The summed E-state index contributed by atoms with van der Waals surface area (Å²) in [5.74, 6) is -1.44. The number of rotatable bonds is 13. The highest BCUT2D eigenvalue weighted by Gasteiger charge is 2.35. The molecule has 38 heavy (non-hydrogen) atoms. The van der Waals surface area contributed by atoms with E-state index in [1.54, 1.807) is 0 Å². The maximum absolute atomic E-state index is 12.4. The van der Waals surface area contributed by atoms with Crippen molar-refractivity contribution >= 4 is 22.7 Å². The number of carboxylic acid groups (broad SMARTS) is 1. The SMILES string of the molecule is Cc1ccccc1[C@H](OC[C@@H](CNC(C)(C)Cc1ccc2ccccc2c1)OC(=O)/C=C/C(=O)O)C1CC1. The number of carbonyl (C=O) groups excluding carboxylic acids is 1. The van der Waals surface area contributed by atoms with Crippen LogP contribution in [0.4, 0.5) is 0 Å². The summed E-state index contributed by atoms with van der Waals surface area (Å²) in [6, 6.07) is 23.0. The molecule has 0 aromatic heterocycles. The first-order valence-electron chi connectivity index (χ1n) is 13.2. The van der Waals surface area contributed by atoms with E-state index >= 15 is 0 Å². The van der Waals surface area contributed by atoms with E-state index in [0.717, 1.165) is 37.0 Å². The van der Waals surface area contributed by atoms with Crippen molar-refractivity contribution in [1.29, 1.82) is 0 Å². The molecule has 200 valence electrons. The van der Waals surface area contributed by atoms with Gasteiger partial charge in [0.15, 0.2) is 0 Å². The van der Waals surface area contributed by atoms with E-state index in [1.165, 1.54) is 21.9 Å². The minimum Gasteiger partial charge on any atom is -0.478 e. The highest BCUT2D eigenvalue weighted by Crippen LogP contribution is 2.44. The van der Waals surface area contributed by atoms with Crippen molar-refractivity contribution in [3.05, 3.63) is 95.6 Å². The maximum Gasteiger partial charge on any atom is 0.331 e. The van der Waals surface area contributed by atoms with Gasteiger partial charge in [-0.2, -0.15) is 0 Å². The van der Waals surface area contributed by atoms with Crippen LogP contribution in [0, 0.1) is 12.8 Å². The van der Waals surface area contributed by atoms with Gasteiger partial charge in [-0.25, -0.2) is 9.59 Å². The molecule has 2 atom stereocenters. The van der Waals surface area contributed by atoms with Crippen LogP contribution in [0.1, 0.15) is 49.5 Å². The zero-order valence-electron chi connectivity index (χ0n) is 22.4. The number of hydrogen-bond donors (Lipinski definition) is 2. The Morgan fingerprint density at radius 2 is 1.74 bits per heavy atom. The topological polar surface area (TPSA) is 84.9 Å². The fraction of sp³-hybridized carbons (Fsp3) is 0.375. The molecule has 2 N–H and O–H groups in total. The third-order valence-corrected chi connectivity index (χ3v) is 6.92. The predicted octanol–water partition coefficient (Wildman–Crippen LogP) is 5.78. The summed E-state index contributed by atoms with van der Waals surface area (Å²) >= 11 is 0. The number of aliphatic carboxylic acids is 1. The molecule has 0 saturated heterocycles. The minimum atomic E-state index is -1.20. The second-order valence-electron chi connectivity index (χ2n) is 10.8. The van der Waals surface area contributed by atoms with Crippen molar-refractivity contribution in [3.8, 4) is 0 Å². The first-order valence-corrected chi connectivity index (χ1v) is 13.2. The lowest BCUT2D eigenvalue weighted by Crippen LogP contribution is -2.47. The van der Waals surface area contributed by atoms with Gasteiger partial charge in [-0.05, 0) is 73.4 Å². The monoisotopic (exact) mass is 515 g/mol. The quantitative estimate of drug-likeness (QED) is 0.222. The van der Waals surface area contributed by atoms with E-state index in [2.05, 4.69) is 68.6 Å². The summed E-state index contributed by atoms with van der Waals surface area (Å²) in [5.41, 5.74) is 3.27. The molecular formula is C32H37NO5. The fourth-order valence-electron chi connectivity index (χ4n) is 4.78. The molecule has 0 aliphatic heterocycles. The average Bonchev–Trinajstić information content (AvgIpc) is 3.72. The molecule has 1 fully saturated rings. The molecule has 1 saturated carbocycles. The standard InChI is InChI=1S/C32H37NO5/c1-22-8-4-7-11-28(22)31(25-14-15-25)37-21-27(38-30(36)17-16-29(34)35)20-33-32(2,3)19-23-12-13-24-9-5-6-10-26(24)18-23/h4-13,16-18,25,27,31,33H,14-15,19-21H2,1-3H3,(H,34,35)/b17-16+/t27-,31-/m1/s1. The number of ether oxygens (including phenoxy) is 2. The molecule has 0 spiro atoms. The van der Waals surface area contributed by atoms with Gasteiger partial charge in [-0.3, -0.25) is 0 Å². The van der Waals surface area contributed by atoms with Gasteiger partial charge < -0.3 is 19.9 Å². The number of esters is 1. The minimum absolute atomic E-state index is 0.0578. The van der Waals surface area contributed by atoms with E-state index in [9.17, 15) is 9.59 Å². The molecule has 1 aliphatic carbocycles. The first kappa shape index (κ1) is 27.6. The molecule has 6 nitrogen and oxygen atoms in total. The molecule has 0 bridgehead atoms. The molecule has 0 amide bonds. The Morgan fingerprint density at radius 1 is 1.03 bits per heavy atom. The second kappa shape index (κ2) is 12.4. The van der Waals surface area contributed by atoms with E-state index in [4.69, 9.17) is 14.6 Å². The summed E-state index contributed by atoms with van der Waals surface area (Å²) in [4.78, 5) is 23.2. The van der Waals surface area contributed by atoms with Crippen molar-refractivity contribution in [2.75, 3.05) is 13.2 Å². The van der Waals surface area contributed by atoms with Gasteiger partial charge in [0.1, 0.15) is 6.10 Å². The Labute approximate surface area is 224 Å². The van der Waals surface area contributed by atoms with Crippen LogP contribution >= 0.6 is 0 Å². The highest BCUT2D eigenvalue weighted by molar-refractivity contribution is 5.90. The Morgan fingerprint density at radius 3 is 2.45 bits per heavy atom. The molecule has 3 aromatic rings. The Hall–Kier alpha value is -3.48. The Balaban J connectivity index is 1.43. The molecule has 6 heteroatoms. The van der Waals surface area contributed by atoms with Crippen molar-refractivity contribution in [2.24, 2.45) is 5.92 Å². The zero-order chi connectivity index (χ0) is 27.1. The summed E-state index contributed by atoms with van der Waals surface area (Å²) in [5, 5.41) is 14.8. The van der Waals surface area contributed by atoms with Crippen LogP contribution in [-0.2, 0) is 25.5 Å². The molecule has 1 aliphatic rings. The lowest BCUT2D eigenvalue weighted by Gasteiger charge is -2.30. The summed E-state index contributed by atoms with van der Waals surface area (Å²) in [7, 11) is 0. The summed E-state index contributed by atoms with van der Waals surface area (Å²) in [6.07, 6.45) is 4.10. The molecule has 0 heterocycles. The van der Waals surface area contributed by atoms with Crippen LogP contribution in [0.2, 0.25) is 0 Å². The number of fused-ring (bicyclic) bond motifs is 1. The van der Waals surface area contributed by atoms with E-state index in [0.29, 0.717) is 12.5 Å². The van der Waals surface area contributed by atoms with Crippen molar-refractivity contribution < 1.29 is 24.2 Å². The van der Waals surface area contributed by atoms with Crippen LogP contribution in [0.15, 0.2) is 78.9 Å². The first-order chi connectivity index (χ1) is 18.2. The number of benzene rings is 3. The van der Waals surface area contributed by atoms with Gasteiger partial charge in [0, 0.05) is 24.2 Å². The summed E-state index contributed by atoms with van der Waals surface area (Å²) in [6.45, 7) is 6.90. The normalized spacial score (nSPS) is 15.4. The van der Waals surface area contributed by atoms with Crippen LogP contribution in [0.25, 0.3) is 10.8 Å². The van der Waals surface area contributed by atoms with E-state index in [-0.39, 0.29) is 18.2 Å².